The standard InChI is InChI=1S/C21H28F2N4O4/c1-4-5-11-27-17(24)16(18(28)25-21(27)30)26(12-10-13(2)3)19(29)14-6-8-15(9-7-14)31-20(22)23/h6-9,13,20H,4-5,10-12,24H2,1-3H3,(H,25,28,30). The van der Waals surface area contributed by atoms with Crippen LogP contribution in [0.15, 0.2) is 33.9 Å². The summed E-state index contributed by atoms with van der Waals surface area (Å²) < 4.78 is 30.3. The van der Waals surface area contributed by atoms with Crippen molar-refractivity contribution in [2.75, 3.05) is 17.2 Å². The third kappa shape index (κ3) is 6.16. The van der Waals surface area contributed by atoms with Crippen LogP contribution in [0.3, 0.4) is 0 Å². The Morgan fingerprint density at radius 3 is 2.42 bits per heavy atom. The van der Waals surface area contributed by atoms with E-state index in [2.05, 4.69) is 9.72 Å². The van der Waals surface area contributed by atoms with Gasteiger partial charge in [0, 0.05) is 18.7 Å². The number of nitrogens with one attached hydrogen (secondary N) is 1. The first-order chi connectivity index (χ1) is 14.6. The average molecular weight is 438 g/mol. The zero-order valence-corrected chi connectivity index (χ0v) is 17.9. The Hall–Kier alpha value is -3.17. The summed E-state index contributed by atoms with van der Waals surface area (Å²) in [4.78, 5) is 41.6. The van der Waals surface area contributed by atoms with Gasteiger partial charge in [-0.05, 0) is 43.0 Å². The van der Waals surface area contributed by atoms with Crippen molar-refractivity contribution < 1.29 is 18.3 Å². The van der Waals surface area contributed by atoms with Crippen molar-refractivity contribution in [3.8, 4) is 5.75 Å². The van der Waals surface area contributed by atoms with E-state index in [1.807, 2.05) is 20.8 Å². The molecule has 0 unspecified atom stereocenters. The van der Waals surface area contributed by atoms with Crippen molar-refractivity contribution >= 4 is 17.4 Å². The highest BCUT2D eigenvalue weighted by atomic mass is 19.3. The Bertz CT molecular complexity index is 1000. The highest BCUT2D eigenvalue weighted by Gasteiger charge is 2.25. The average Bonchev–Trinajstić information content (AvgIpc) is 2.69. The molecule has 0 aliphatic rings. The van der Waals surface area contributed by atoms with Gasteiger partial charge >= 0.3 is 12.3 Å². The summed E-state index contributed by atoms with van der Waals surface area (Å²) in [5.74, 6) is -0.492. The van der Waals surface area contributed by atoms with Gasteiger partial charge in [0.25, 0.3) is 11.5 Å². The molecule has 2 aromatic rings. The minimum absolute atomic E-state index is 0.0861. The molecule has 0 fully saturated rings. The Morgan fingerprint density at radius 1 is 1.23 bits per heavy atom. The maximum atomic E-state index is 13.2. The number of ether oxygens (including phenoxy) is 1. The number of nitrogens with zero attached hydrogens (tertiary/aromatic N) is 2. The number of aromatic nitrogens is 2. The molecule has 0 radical (unpaired) electrons. The van der Waals surface area contributed by atoms with Crippen LogP contribution in [0.2, 0.25) is 0 Å². The van der Waals surface area contributed by atoms with Gasteiger partial charge in [0.15, 0.2) is 5.69 Å². The van der Waals surface area contributed by atoms with E-state index in [-0.39, 0.29) is 35.3 Å². The van der Waals surface area contributed by atoms with Crippen LogP contribution in [0.1, 0.15) is 50.4 Å². The van der Waals surface area contributed by atoms with Gasteiger partial charge in [0.1, 0.15) is 11.6 Å². The maximum absolute atomic E-state index is 13.2. The topological polar surface area (TPSA) is 110 Å². The lowest BCUT2D eigenvalue weighted by molar-refractivity contribution is -0.0498. The number of nitrogens with two attached hydrogens (primary N) is 1. The molecule has 1 aromatic heterocycles. The monoisotopic (exact) mass is 438 g/mol. The lowest BCUT2D eigenvalue weighted by Crippen LogP contribution is -2.42. The normalized spacial score (nSPS) is 11.2. The maximum Gasteiger partial charge on any atom is 0.387 e. The lowest BCUT2D eigenvalue weighted by atomic mass is 10.1. The van der Waals surface area contributed by atoms with Crippen LogP contribution in [-0.4, -0.2) is 28.6 Å². The fraction of sp³-hybridized carbons (Fsp3) is 0.476. The van der Waals surface area contributed by atoms with Gasteiger partial charge in [-0.3, -0.25) is 19.1 Å². The van der Waals surface area contributed by atoms with Crippen molar-refractivity contribution in [1.82, 2.24) is 9.55 Å². The number of unbranched alkanes of at least 4 members (excludes halogenated alkanes) is 1. The van der Waals surface area contributed by atoms with Crippen molar-refractivity contribution in [1.29, 1.82) is 0 Å². The number of alkyl halides is 2. The molecule has 3 N–H and O–H groups in total. The summed E-state index contributed by atoms with van der Waals surface area (Å²) in [6.45, 7) is 3.39. The van der Waals surface area contributed by atoms with E-state index in [1.54, 1.807) is 0 Å². The molecule has 170 valence electrons. The summed E-state index contributed by atoms with van der Waals surface area (Å²) in [7, 11) is 0. The first kappa shape index (κ1) is 24.1. The van der Waals surface area contributed by atoms with Crippen LogP contribution in [0.5, 0.6) is 5.75 Å². The number of hydrogen-bond acceptors (Lipinski definition) is 5. The molecular formula is C21H28F2N4O4. The highest BCUT2D eigenvalue weighted by molar-refractivity contribution is 6.07. The molecule has 0 bridgehead atoms. The predicted molar refractivity (Wildman–Crippen MR) is 115 cm³/mol. The molecule has 0 saturated carbocycles. The van der Waals surface area contributed by atoms with Gasteiger partial charge in [-0.15, -0.1) is 0 Å². The third-order valence-corrected chi connectivity index (χ3v) is 4.72. The molecule has 1 heterocycles. The molecule has 1 amide bonds. The molecular weight excluding hydrogens is 410 g/mol. The first-order valence-corrected chi connectivity index (χ1v) is 10.1. The number of rotatable bonds is 10. The van der Waals surface area contributed by atoms with Crippen LogP contribution in [0.25, 0.3) is 0 Å². The number of benzene rings is 1. The van der Waals surface area contributed by atoms with Gasteiger partial charge in [-0.25, -0.2) is 4.79 Å². The summed E-state index contributed by atoms with van der Waals surface area (Å²) in [6.07, 6.45) is 2.05. The summed E-state index contributed by atoms with van der Waals surface area (Å²) in [5, 5.41) is 0. The number of nitrogen functional groups attached to an aromatic ring is 1. The molecule has 8 nitrogen and oxygen atoms in total. The largest absolute Gasteiger partial charge is 0.435 e. The van der Waals surface area contributed by atoms with E-state index in [4.69, 9.17) is 5.73 Å². The second kappa shape index (κ2) is 10.7. The van der Waals surface area contributed by atoms with Gasteiger partial charge in [0.2, 0.25) is 0 Å². The second-order valence-corrected chi connectivity index (χ2v) is 7.54. The fourth-order valence-electron chi connectivity index (χ4n) is 3.01. The van der Waals surface area contributed by atoms with Crippen LogP contribution in [0, 0.1) is 5.92 Å². The molecule has 0 aliphatic heterocycles. The quantitative estimate of drug-likeness (QED) is 0.592. The Kier molecular flexibility index (Phi) is 8.35. The number of hydrogen-bond donors (Lipinski definition) is 2. The predicted octanol–water partition coefficient (Wildman–Crippen LogP) is 3.21. The lowest BCUT2D eigenvalue weighted by Gasteiger charge is -2.25. The van der Waals surface area contributed by atoms with E-state index in [0.29, 0.717) is 19.4 Å². The van der Waals surface area contributed by atoms with Gasteiger partial charge < -0.3 is 15.4 Å². The fourth-order valence-corrected chi connectivity index (χ4v) is 3.01. The number of amides is 1. The first-order valence-electron chi connectivity index (χ1n) is 10.1. The molecule has 1 aromatic carbocycles. The molecule has 0 spiro atoms. The number of anilines is 2. The molecule has 2 rings (SSSR count). The zero-order valence-electron chi connectivity index (χ0n) is 17.9. The highest BCUT2D eigenvalue weighted by Crippen LogP contribution is 2.23. The smallest absolute Gasteiger partial charge is 0.387 e. The van der Waals surface area contributed by atoms with Crippen molar-refractivity contribution in [3.05, 3.63) is 50.7 Å². The number of H-pyrrole nitrogens is 1. The van der Waals surface area contributed by atoms with Crippen LogP contribution < -0.4 is 26.6 Å². The van der Waals surface area contributed by atoms with Gasteiger partial charge in [0.05, 0.1) is 0 Å². The van der Waals surface area contributed by atoms with Crippen LogP contribution in [-0.2, 0) is 6.54 Å². The van der Waals surface area contributed by atoms with Crippen molar-refractivity contribution in [2.24, 2.45) is 5.92 Å². The number of carbonyl (C=O) groups is 1. The summed E-state index contributed by atoms with van der Waals surface area (Å²) >= 11 is 0. The van der Waals surface area contributed by atoms with Gasteiger partial charge in [-0.2, -0.15) is 8.78 Å². The van der Waals surface area contributed by atoms with E-state index in [0.717, 1.165) is 6.42 Å². The molecule has 0 atom stereocenters. The van der Waals surface area contributed by atoms with E-state index in [9.17, 15) is 23.2 Å². The van der Waals surface area contributed by atoms with Crippen LogP contribution >= 0.6 is 0 Å². The number of halogens is 2. The number of carbonyl (C=O) groups excluding carboxylic acids is 1. The third-order valence-electron chi connectivity index (χ3n) is 4.72. The molecule has 0 saturated heterocycles. The van der Waals surface area contributed by atoms with E-state index < -0.39 is 23.8 Å². The second-order valence-electron chi connectivity index (χ2n) is 7.54. The van der Waals surface area contributed by atoms with Gasteiger partial charge in [-0.1, -0.05) is 27.2 Å². The Labute approximate surface area is 178 Å². The number of aromatic amines is 1. The summed E-state index contributed by atoms with van der Waals surface area (Å²) in [5.41, 5.74) is 4.84. The zero-order chi connectivity index (χ0) is 23.1. The molecule has 10 heteroatoms. The van der Waals surface area contributed by atoms with Crippen molar-refractivity contribution in [3.63, 3.8) is 0 Å². The van der Waals surface area contributed by atoms with E-state index >= 15 is 0 Å². The van der Waals surface area contributed by atoms with E-state index in [1.165, 1.54) is 33.7 Å². The molecule has 31 heavy (non-hydrogen) atoms. The minimum Gasteiger partial charge on any atom is -0.435 e. The Morgan fingerprint density at radius 2 is 1.87 bits per heavy atom. The van der Waals surface area contributed by atoms with Crippen molar-refractivity contribution in [2.45, 2.75) is 53.2 Å². The SMILES string of the molecule is CCCCn1c(N)c(N(CCC(C)C)C(=O)c2ccc(OC(F)F)cc2)c(=O)[nH]c1=O. The molecule has 0 aliphatic carbocycles. The summed E-state index contributed by atoms with van der Waals surface area (Å²) in [6, 6.07) is 5.16. The van der Waals surface area contributed by atoms with Crippen LogP contribution in [0.4, 0.5) is 20.3 Å². The Balaban J connectivity index is 2.50. The minimum atomic E-state index is -2.98.